The zero-order chi connectivity index (χ0) is 30.6. The van der Waals surface area contributed by atoms with Crippen LogP contribution in [0.1, 0.15) is 55.3 Å². The number of hydrogen-bond acceptors (Lipinski definition) is 8. The molecule has 6 rings (SSSR count). The van der Waals surface area contributed by atoms with Gasteiger partial charge in [-0.2, -0.15) is 0 Å². The minimum Gasteiger partial charge on any atom is -0.376 e. The molecule has 0 bridgehead atoms. The van der Waals surface area contributed by atoms with Crippen LogP contribution >= 0.6 is 0 Å². The third kappa shape index (κ3) is 6.06. The highest BCUT2D eigenvalue weighted by molar-refractivity contribution is 6.01. The van der Waals surface area contributed by atoms with Gasteiger partial charge >= 0.3 is 0 Å². The first-order valence-electron chi connectivity index (χ1n) is 14.8. The van der Waals surface area contributed by atoms with Gasteiger partial charge in [0.05, 0.1) is 17.3 Å². The molecule has 2 atom stereocenters. The number of tetrazole rings is 1. The molecule has 1 fully saturated rings. The first-order valence-corrected chi connectivity index (χ1v) is 14.8. The molecule has 226 valence electrons. The molecule has 0 radical (unpaired) electrons. The molecule has 1 saturated heterocycles. The van der Waals surface area contributed by atoms with Gasteiger partial charge in [-0.25, -0.2) is 9.36 Å². The first-order chi connectivity index (χ1) is 21.4. The molecule has 0 unspecified atom stereocenters. The number of aryl methyl sites for hydroxylation is 1. The fraction of sp³-hybridized carbons (Fsp3) is 0.344. The van der Waals surface area contributed by atoms with Gasteiger partial charge in [-0.15, -0.1) is 10.2 Å². The lowest BCUT2D eigenvalue weighted by molar-refractivity contribution is -0.127. The van der Waals surface area contributed by atoms with Crippen LogP contribution in [0, 0.1) is 6.92 Å². The second kappa shape index (κ2) is 12.7. The third-order valence-electron chi connectivity index (χ3n) is 7.98. The van der Waals surface area contributed by atoms with Gasteiger partial charge in [-0.05, 0) is 83.1 Å². The Morgan fingerprint density at radius 2 is 1.84 bits per heavy atom. The van der Waals surface area contributed by atoms with E-state index >= 15 is 0 Å². The van der Waals surface area contributed by atoms with E-state index < -0.39 is 6.04 Å². The number of amides is 2. The fourth-order valence-corrected chi connectivity index (χ4v) is 5.59. The van der Waals surface area contributed by atoms with Gasteiger partial charge in [0.1, 0.15) is 24.4 Å². The molecule has 5 aromatic rings. The third-order valence-corrected chi connectivity index (χ3v) is 7.98. The van der Waals surface area contributed by atoms with E-state index in [0.29, 0.717) is 35.8 Å². The average Bonchev–Trinajstić information content (AvgIpc) is 3.82. The van der Waals surface area contributed by atoms with Crippen molar-refractivity contribution in [3.63, 3.8) is 0 Å². The van der Waals surface area contributed by atoms with Crippen molar-refractivity contribution in [1.82, 2.24) is 40.5 Å². The highest BCUT2D eigenvalue weighted by Gasteiger charge is 2.34. The number of nitrogens with one attached hydrogen (secondary N) is 1. The van der Waals surface area contributed by atoms with E-state index in [1.165, 1.54) is 6.33 Å². The van der Waals surface area contributed by atoms with Crippen molar-refractivity contribution in [3.05, 3.63) is 89.7 Å². The summed E-state index contributed by atoms with van der Waals surface area (Å²) in [6.45, 7) is 7.09. The van der Waals surface area contributed by atoms with Crippen LogP contribution in [0.15, 0.2) is 73.1 Å². The van der Waals surface area contributed by atoms with E-state index in [4.69, 9.17) is 4.74 Å². The smallest absolute Gasteiger partial charge is 0.249 e. The number of nitrogens with zero attached hydrogens (tertiary/aromatic N) is 8. The number of aromatic nitrogens is 7. The molecule has 12 heteroatoms. The van der Waals surface area contributed by atoms with Crippen molar-refractivity contribution in [2.24, 2.45) is 0 Å². The number of carbonyl (C=O) groups excluding carboxylic acids is 2. The summed E-state index contributed by atoms with van der Waals surface area (Å²) in [4.78, 5) is 30.2. The van der Waals surface area contributed by atoms with Crippen LogP contribution in [0.25, 0.3) is 16.7 Å². The molecule has 0 spiro atoms. The van der Waals surface area contributed by atoms with Crippen molar-refractivity contribution in [2.75, 3.05) is 18.1 Å². The van der Waals surface area contributed by atoms with E-state index in [2.05, 4.69) is 45.0 Å². The number of fused-ring (bicyclic) bond motifs is 1. The molecule has 3 heterocycles. The summed E-state index contributed by atoms with van der Waals surface area (Å²) in [5, 5.41) is 23.1. The largest absolute Gasteiger partial charge is 0.376 e. The maximum Gasteiger partial charge on any atom is 0.249 e. The highest BCUT2D eigenvalue weighted by Crippen LogP contribution is 2.32. The maximum absolute atomic E-state index is 14.4. The summed E-state index contributed by atoms with van der Waals surface area (Å²) in [5.74, 6) is -0.298. The summed E-state index contributed by atoms with van der Waals surface area (Å²) in [7, 11) is 0. The number of rotatable bonds is 10. The summed E-state index contributed by atoms with van der Waals surface area (Å²) in [5.41, 5.74) is 5.38. The standard InChI is InChI=1S/C32H35N9O3/c1-21(2)23-10-12-24(13-11-23)31(32(43)33-18-26-7-6-16-44-26)41(25-14-15-28(22(3)17-25)40-20-34-36-38-40)30(42)19-39-29-9-5-4-8-27(29)35-37-39/h4-5,8-15,17,20-21,26,31H,6-7,16,18-19H2,1-3H3,(H,33,43)/t26-,31+/m0/s1. The molecular formula is C32H35N9O3. The van der Waals surface area contributed by atoms with Crippen LogP contribution in [0.3, 0.4) is 0 Å². The number of para-hydroxylation sites is 1. The van der Waals surface area contributed by atoms with Crippen LogP contribution in [0.5, 0.6) is 0 Å². The van der Waals surface area contributed by atoms with Gasteiger partial charge in [0.15, 0.2) is 0 Å². The van der Waals surface area contributed by atoms with Crippen molar-refractivity contribution in [2.45, 2.75) is 58.2 Å². The van der Waals surface area contributed by atoms with Gasteiger partial charge in [0.25, 0.3) is 0 Å². The lowest BCUT2D eigenvalue weighted by atomic mass is 9.97. The molecule has 1 N–H and O–H groups in total. The van der Waals surface area contributed by atoms with E-state index in [9.17, 15) is 9.59 Å². The van der Waals surface area contributed by atoms with Gasteiger partial charge in [0.2, 0.25) is 11.8 Å². The van der Waals surface area contributed by atoms with Crippen LogP contribution in [-0.2, 0) is 20.9 Å². The lowest BCUT2D eigenvalue weighted by Crippen LogP contribution is -2.46. The predicted molar refractivity (Wildman–Crippen MR) is 164 cm³/mol. The first kappa shape index (κ1) is 29.1. The predicted octanol–water partition coefficient (Wildman–Crippen LogP) is 3.91. The second-order valence-electron chi connectivity index (χ2n) is 11.3. The fourth-order valence-electron chi connectivity index (χ4n) is 5.59. The molecule has 2 amide bonds. The van der Waals surface area contributed by atoms with E-state index in [0.717, 1.165) is 35.2 Å². The zero-order valence-electron chi connectivity index (χ0n) is 25.0. The van der Waals surface area contributed by atoms with Crippen LogP contribution in [-0.4, -0.2) is 66.3 Å². The molecule has 0 saturated carbocycles. The van der Waals surface area contributed by atoms with Crippen LogP contribution in [0.4, 0.5) is 5.69 Å². The minimum atomic E-state index is -0.960. The van der Waals surface area contributed by atoms with E-state index in [-0.39, 0.29) is 24.5 Å². The Hall–Kier alpha value is -4.97. The molecule has 44 heavy (non-hydrogen) atoms. The van der Waals surface area contributed by atoms with Gasteiger partial charge in [-0.3, -0.25) is 14.5 Å². The Morgan fingerprint density at radius 3 is 2.55 bits per heavy atom. The van der Waals surface area contributed by atoms with Crippen LogP contribution in [0.2, 0.25) is 0 Å². The zero-order valence-corrected chi connectivity index (χ0v) is 25.0. The Morgan fingerprint density at radius 1 is 1.05 bits per heavy atom. The molecule has 1 aliphatic heterocycles. The number of ether oxygens (including phenoxy) is 1. The highest BCUT2D eigenvalue weighted by atomic mass is 16.5. The molecule has 0 aliphatic carbocycles. The normalized spacial score (nSPS) is 15.5. The summed E-state index contributed by atoms with van der Waals surface area (Å²) in [6.07, 6.45) is 3.31. The Kier molecular flexibility index (Phi) is 8.42. The summed E-state index contributed by atoms with van der Waals surface area (Å²) in [6, 6.07) is 19.9. The lowest BCUT2D eigenvalue weighted by Gasteiger charge is -2.32. The molecule has 2 aromatic heterocycles. The average molecular weight is 594 g/mol. The van der Waals surface area contributed by atoms with E-state index in [1.807, 2.05) is 73.7 Å². The maximum atomic E-state index is 14.4. The van der Waals surface area contributed by atoms with Gasteiger partial charge in [-0.1, -0.05) is 55.5 Å². The SMILES string of the molecule is Cc1cc(N(C(=O)Cn2nnc3ccccc32)[C@@H](C(=O)NC[C@@H]2CCCO2)c2ccc(C(C)C)cc2)ccc1-n1cnnn1. The Bertz CT molecular complexity index is 1740. The van der Waals surface area contributed by atoms with Gasteiger partial charge < -0.3 is 10.1 Å². The number of anilines is 1. The van der Waals surface area contributed by atoms with Crippen molar-refractivity contribution < 1.29 is 14.3 Å². The van der Waals surface area contributed by atoms with Crippen molar-refractivity contribution in [3.8, 4) is 5.69 Å². The number of benzene rings is 3. The Balaban J connectivity index is 1.43. The molecule has 1 aliphatic rings. The molecular weight excluding hydrogens is 558 g/mol. The van der Waals surface area contributed by atoms with E-state index in [1.54, 1.807) is 14.3 Å². The monoisotopic (exact) mass is 593 g/mol. The number of carbonyl (C=O) groups is 2. The van der Waals surface area contributed by atoms with Crippen molar-refractivity contribution >= 4 is 28.5 Å². The Labute approximate surface area is 255 Å². The second-order valence-corrected chi connectivity index (χ2v) is 11.3. The van der Waals surface area contributed by atoms with Crippen LogP contribution < -0.4 is 10.2 Å². The molecule has 12 nitrogen and oxygen atoms in total. The number of hydrogen-bond donors (Lipinski definition) is 1. The van der Waals surface area contributed by atoms with Gasteiger partial charge in [0, 0.05) is 18.8 Å². The summed E-state index contributed by atoms with van der Waals surface area (Å²) >= 11 is 0. The van der Waals surface area contributed by atoms with Crippen molar-refractivity contribution in [1.29, 1.82) is 0 Å². The summed E-state index contributed by atoms with van der Waals surface area (Å²) < 4.78 is 8.89. The minimum absolute atomic E-state index is 0.0496. The topological polar surface area (TPSA) is 133 Å². The molecule has 3 aromatic carbocycles. The quantitative estimate of drug-likeness (QED) is 0.258.